The average molecular weight is 561 g/mol. The molecule has 2 aliphatic rings. The van der Waals surface area contributed by atoms with Crippen LogP contribution in [0.1, 0.15) is 59.6 Å². The molecule has 0 saturated carbocycles. The van der Waals surface area contributed by atoms with E-state index in [4.69, 9.17) is 18.9 Å². The van der Waals surface area contributed by atoms with Crippen molar-refractivity contribution in [2.45, 2.75) is 58.5 Å². The molecule has 5 rings (SSSR count). The van der Waals surface area contributed by atoms with Gasteiger partial charge in [-0.3, -0.25) is 9.69 Å². The lowest BCUT2D eigenvalue weighted by atomic mass is 9.89. The number of aliphatic hydroxyl groups excluding tert-OH is 1. The summed E-state index contributed by atoms with van der Waals surface area (Å²) in [5.74, 6) is 1.55. The number of methoxy groups -OCH3 is 2. The Labute approximate surface area is 242 Å². The van der Waals surface area contributed by atoms with E-state index in [1.807, 2.05) is 48.5 Å². The van der Waals surface area contributed by atoms with Gasteiger partial charge in [-0.05, 0) is 46.4 Å². The number of aliphatic hydroxyl groups is 1. The van der Waals surface area contributed by atoms with Crippen LogP contribution >= 0.6 is 0 Å². The predicted octanol–water partition coefficient (Wildman–Crippen LogP) is 4.68. The van der Waals surface area contributed by atoms with Crippen LogP contribution in [0.2, 0.25) is 0 Å². The van der Waals surface area contributed by atoms with E-state index >= 15 is 0 Å². The van der Waals surface area contributed by atoms with E-state index in [0.717, 1.165) is 59.8 Å². The number of carbonyl (C=O) groups excluding carboxylic acids is 1. The molecule has 1 saturated heterocycles. The maximum atomic E-state index is 11.3. The third-order valence-electron chi connectivity index (χ3n) is 8.15. The third-order valence-corrected chi connectivity index (χ3v) is 8.15. The van der Waals surface area contributed by atoms with Crippen molar-refractivity contribution in [3.05, 3.63) is 94.0 Å². The Hall–Kier alpha value is -3.43. The average Bonchev–Trinajstić information content (AvgIpc) is 3.00. The molecule has 218 valence electrons. The summed E-state index contributed by atoms with van der Waals surface area (Å²) in [7, 11) is 3.34. The van der Waals surface area contributed by atoms with Gasteiger partial charge < -0.3 is 29.4 Å². The van der Waals surface area contributed by atoms with Crippen molar-refractivity contribution in [3.63, 3.8) is 0 Å². The van der Waals surface area contributed by atoms with Crippen LogP contribution in [0.15, 0.2) is 60.7 Å². The van der Waals surface area contributed by atoms with Gasteiger partial charge in [0.1, 0.15) is 0 Å². The van der Waals surface area contributed by atoms with Crippen LogP contribution in [0.5, 0.6) is 11.5 Å². The highest BCUT2D eigenvalue weighted by Crippen LogP contribution is 2.42. The maximum absolute atomic E-state index is 11.3. The highest BCUT2D eigenvalue weighted by molar-refractivity contribution is 5.72. The van der Waals surface area contributed by atoms with Gasteiger partial charge in [0, 0.05) is 44.6 Å². The summed E-state index contributed by atoms with van der Waals surface area (Å²) in [6, 6.07) is 20.2. The van der Waals surface area contributed by atoms with Gasteiger partial charge in [-0.1, -0.05) is 55.5 Å². The van der Waals surface area contributed by atoms with Gasteiger partial charge in [0.25, 0.3) is 0 Å². The summed E-state index contributed by atoms with van der Waals surface area (Å²) in [6.45, 7) is 6.69. The molecular formula is C33H40N2O6. The van der Waals surface area contributed by atoms with Crippen molar-refractivity contribution in [3.8, 4) is 11.5 Å². The monoisotopic (exact) mass is 560 g/mol. The molecule has 41 heavy (non-hydrogen) atoms. The first-order valence-corrected chi connectivity index (χ1v) is 14.2. The number of benzene rings is 3. The van der Waals surface area contributed by atoms with E-state index in [-0.39, 0.29) is 30.6 Å². The summed E-state index contributed by atoms with van der Waals surface area (Å²) in [5.41, 5.74) is 6.42. The van der Waals surface area contributed by atoms with Crippen molar-refractivity contribution in [1.29, 1.82) is 0 Å². The smallest absolute Gasteiger partial charge is 0.217 e. The second-order valence-corrected chi connectivity index (χ2v) is 10.9. The Morgan fingerprint density at radius 1 is 0.951 bits per heavy atom. The summed E-state index contributed by atoms with van der Waals surface area (Å²) in [6.07, 6.45) is 0.150. The molecule has 1 fully saturated rings. The fraction of sp³-hybridized carbons (Fsp3) is 0.424. The zero-order valence-corrected chi connectivity index (χ0v) is 24.3. The molecule has 2 heterocycles. The number of amides is 1. The number of fused-ring (bicyclic) bond motifs is 1. The highest BCUT2D eigenvalue weighted by atomic mass is 16.7. The van der Waals surface area contributed by atoms with Gasteiger partial charge in [0.15, 0.2) is 17.8 Å². The zero-order valence-electron chi connectivity index (χ0n) is 24.3. The number of rotatable bonds is 9. The lowest BCUT2D eigenvalue weighted by molar-refractivity contribution is -0.276. The third kappa shape index (κ3) is 6.73. The molecule has 8 heteroatoms. The van der Waals surface area contributed by atoms with Crippen molar-refractivity contribution in [2.24, 2.45) is 5.92 Å². The van der Waals surface area contributed by atoms with Crippen LogP contribution in [-0.4, -0.2) is 49.3 Å². The molecule has 4 atom stereocenters. The van der Waals surface area contributed by atoms with Gasteiger partial charge in [0.2, 0.25) is 5.91 Å². The summed E-state index contributed by atoms with van der Waals surface area (Å²) in [5, 5.41) is 12.4. The first kappa shape index (κ1) is 29.1. The van der Waals surface area contributed by atoms with Gasteiger partial charge in [-0.25, -0.2) is 0 Å². The van der Waals surface area contributed by atoms with E-state index in [9.17, 15) is 9.90 Å². The van der Waals surface area contributed by atoms with Crippen LogP contribution in [-0.2, 0) is 40.4 Å². The largest absolute Gasteiger partial charge is 0.493 e. The minimum absolute atomic E-state index is 0.00759. The second-order valence-electron chi connectivity index (χ2n) is 10.9. The molecule has 3 aromatic rings. The Balaban J connectivity index is 1.37. The zero-order chi connectivity index (χ0) is 28.9. The second kappa shape index (κ2) is 13.0. The number of ether oxygens (including phenoxy) is 4. The minimum Gasteiger partial charge on any atom is -0.493 e. The van der Waals surface area contributed by atoms with E-state index in [1.165, 1.54) is 18.1 Å². The summed E-state index contributed by atoms with van der Waals surface area (Å²) >= 11 is 0. The lowest BCUT2D eigenvalue weighted by Crippen LogP contribution is -2.45. The Morgan fingerprint density at radius 2 is 1.59 bits per heavy atom. The number of hydrogen-bond donors (Lipinski definition) is 2. The molecule has 8 nitrogen and oxygen atoms in total. The topological polar surface area (TPSA) is 89.5 Å². The molecule has 0 spiro atoms. The lowest BCUT2D eigenvalue weighted by Gasteiger charge is -2.43. The molecule has 0 aliphatic carbocycles. The first-order valence-electron chi connectivity index (χ1n) is 14.2. The Morgan fingerprint density at radius 3 is 2.22 bits per heavy atom. The van der Waals surface area contributed by atoms with E-state index in [0.29, 0.717) is 6.54 Å². The van der Waals surface area contributed by atoms with Crippen LogP contribution in [0.25, 0.3) is 0 Å². The molecule has 0 radical (unpaired) electrons. The maximum Gasteiger partial charge on any atom is 0.217 e. The number of hydrogen-bond acceptors (Lipinski definition) is 7. The normalized spacial score (nSPS) is 22.6. The summed E-state index contributed by atoms with van der Waals surface area (Å²) in [4.78, 5) is 13.8. The fourth-order valence-corrected chi connectivity index (χ4v) is 5.70. The standard InChI is InChI=1S/C33H40N2O6/c1-21-31(19-35-14-13-27-15-29(38-3)30(39-4)16-28(27)18-35)40-33(26-11-5-23(6-12-26)17-34-22(2)37)41-32(21)25-9-7-24(20-36)8-10-25/h5-12,15-16,21,31-33,36H,13-14,17-20H2,1-4H3,(H,34,37). The van der Waals surface area contributed by atoms with Crippen LogP contribution in [0.4, 0.5) is 0 Å². The van der Waals surface area contributed by atoms with E-state index < -0.39 is 6.29 Å². The molecule has 1 amide bonds. The Bertz CT molecular complexity index is 1330. The highest BCUT2D eigenvalue weighted by Gasteiger charge is 2.39. The molecule has 0 aromatic heterocycles. The van der Waals surface area contributed by atoms with Crippen molar-refractivity contribution in [2.75, 3.05) is 27.3 Å². The molecular weight excluding hydrogens is 520 g/mol. The van der Waals surface area contributed by atoms with Crippen LogP contribution in [0, 0.1) is 5.92 Å². The first-order chi connectivity index (χ1) is 19.9. The van der Waals surface area contributed by atoms with Gasteiger partial charge in [-0.15, -0.1) is 0 Å². The van der Waals surface area contributed by atoms with Crippen molar-refractivity contribution < 1.29 is 28.8 Å². The van der Waals surface area contributed by atoms with Crippen molar-refractivity contribution >= 4 is 5.91 Å². The molecule has 0 bridgehead atoms. The van der Waals surface area contributed by atoms with E-state index in [1.54, 1.807) is 14.2 Å². The molecule has 2 aliphatic heterocycles. The van der Waals surface area contributed by atoms with Gasteiger partial charge >= 0.3 is 0 Å². The van der Waals surface area contributed by atoms with E-state index in [2.05, 4.69) is 29.3 Å². The van der Waals surface area contributed by atoms with Gasteiger partial charge in [0.05, 0.1) is 33.0 Å². The van der Waals surface area contributed by atoms with Crippen molar-refractivity contribution in [1.82, 2.24) is 10.2 Å². The number of carbonyl (C=O) groups is 1. The number of nitrogens with one attached hydrogen (secondary N) is 1. The number of nitrogens with zero attached hydrogens (tertiary/aromatic N) is 1. The predicted molar refractivity (Wildman–Crippen MR) is 155 cm³/mol. The fourth-order valence-electron chi connectivity index (χ4n) is 5.70. The minimum atomic E-state index is -0.532. The molecule has 2 N–H and O–H groups in total. The van der Waals surface area contributed by atoms with Crippen LogP contribution in [0.3, 0.4) is 0 Å². The Kier molecular flexibility index (Phi) is 9.25. The molecule has 3 aromatic carbocycles. The quantitative estimate of drug-likeness (QED) is 0.393. The molecule has 4 unspecified atom stereocenters. The SMILES string of the molecule is COc1cc2c(cc1OC)CN(CC1OC(c3ccc(CNC(C)=O)cc3)OC(c3ccc(CO)cc3)C1C)CC2. The van der Waals surface area contributed by atoms with Crippen LogP contribution < -0.4 is 14.8 Å². The van der Waals surface area contributed by atoms with Gasteiger partial charge in [-0.2, -0.15) is 0 Å². The summed E-state index contributed by atoms with van der Waals surface area (Å²) < 4.78 is 24.4.